The van der Waals surface area contributed by atoms with E-state index in [0.717, 1.165) is 25.6 Å². The number of halogens is 1. The number of hydrogen-bond acceptors (Lipinski definition) is 2. The molecule has 18 heavy (non-hydrogen) atoms. The molecule has 0 spiro atoms. The van der Waals surface area contributed by atoms with Crippen molar-refractivity contribution in [2.75, 3.05) is 13.1 Å². The lowest BCUT2D eigenvalue weighted by Gasteiger charge is -2.24. The maximum Gasteiger partial charge on any atom is 0.0244 e. The summed E-state index contributed by atoms with van der Waals surface area (Å²) in [7, 11) is 0. The van der Waals surface area contributed by atoms with Gasteiger partial charge in [-0.1, -0.05) is 55.3 Å². The number of hydrogen-bond donors (Lipinski definition) is 1. The van der Waals surface area contributed by atoms with Crippen molar-refractivity contribution >= 4 is 15.9 Å². The highest BCUT2D eigenvalue weighted by molar-refractivity contribution is 9.10. The Balaban J connectivity index is 2.69. The second kappa shape index (κ2) is 7.93. The molecule has 0 aliphatic carbocycles. The molecular formula is C15H25BrN2. The maximum atomic E-state index is 5.65. The summed E-state index contributed by atoms with van der Waals surface area (Å²) in [4.78, 5) is 2.50. The molecule has 0 amide bonds. The van der Waals surface area contributed by atoms with Crippen molar-refractivity contribution in [3.05, 3.63) is 33.8 Å². The Kier molecular flexibility index (Phi) is 6.90. The monoisotopic (exact) mass is 312 g/mol. The summed E-state index contributed by atoms with van der Waals surface area (Å²) in [5.41, 5.74) is 8.17. The molecule has 1 rings (SSSR count). The van der Waals surface area contributed by atoms with Crippen molar-refractivity contribution in [1.82, 2.24) is 4.90 Å². The van der Waals surface area contributed by atoms with E-state index in [1.807, 2.05) is 0 Å². The summed E-state index contributed by atoms with van der Waals surface area (Å²) < 4.78 is 1.17. The van der Waals surface area contributed by atoms with E-state index in [1.54, 1.807) is 0 Å². The summed E-state index contributed by atoms with van der Waals surface area (Å²) in [6, 6.07) is 6.44. The van der Waals surface area contributed by atoms with E-state index >= 15 is 0 Å². The summed E-state index contributed by atoms with van der Waals surface area (Å²) in [5.74, 6) is 0.757. The first-order valence-electron chi connectivity index (χ1n) is 6.80. The molecule has 1 atom stereocenters. The summed E-state index contributed by atoms with van der Waals surface area (Å²) in [5, 5.41) is 0. The molecule has 3 heteroatoms. The normalized spacial score (nSPS) is 13.0. The molecule has 0 fully saturated rings. The first kappa shape index (κ1) is 15.7. The van der Waals surface area contributed by atoms with Gasteiger partial charge < -0.3 is 5.73 Å². The molecule has 0 saturated carbocycles. The van der Waals surface area contributed by atoms with Crippen LogP contribution in [0, 0.1) is 5.92 Å². The van der Waals surface area contributed by atoms with Crippen LogP contribution in [-0.2, 0) is 13.1 Å². The van der Waals surface area contributed by atoms with Crippen LogP contribution in [0.5, 0.6) is 0 Å². The zero-order valence-electron chi connectivity index (χ0n) is 11.7. The fourth-order valence-electron chi connectivity index (χ4n) is 1.96. The molecule has 0 radical (unpaired) electrons. The van der Waals surface area contributed by atoms with E-state index in [0.29, 0.717) is 6.54 Å². The van der Waals surface area contributed by atoms with Gasteiger partial charge in [-0.25, -0.2) is 0 Å². The highest BCUT2D eigenvalue weighted by Gasteiger charge is 2.10. The molecule has 2 nitrogen and oxygen atoms in total. The Morgan fingerprint density at radius 3 is 2.56 bits per heavy atom. The topological polar surface area (TPSA) is 29.3 Å². The Morgan fingerprint density at radius 2 is 2.06 bits per heavy atom. The van der Waals surface area contributed by atoms with Gasteiger partial charge in [-0.2, -0.15) is 0 Å². The molecule has 1 unspecified atom stereocenters. The van der Waals surface area contributed by atoms with Crippen LogP contribution in [0.25, 0.3) is 0 Å². The third-order valence-electron chi connectivity index (χ3n) is 3.46. The Labute approximate surface area is 120 Å². The second-order valence-electron chi connectivity index (χ2n) is 4.97. The number of benzene rings is 1. The molecule has 0 bridgehead atoms. The largest absolute Gasteiger partial charge is 0.326 e. The third kappa shape index (κ3) is 4.71. The fraction of sp³-hybridized carbons (Fsp3) is 0.600. The SMILES string of the molecule is CCC(C)CN(CC)Cc1ccc(CN)cc1Br. The standard InChI is InChI=1S/C15H25BrN2/c1-4-12(3)10-18(5-2)11-14-7-6-13(9-17)8-15(14)16/h6-8,12H,4-5,9-11,17H2,1-3H3. The predicted molar refractivity (Wildman–Crippen MR) is 82.4 cm³/mol. The molecule has 0 aromatic heterocycles. The number of nitrogens with zero attached hydrogens (tertiary/aromatic N) is 1. The zero-order valence-corrected chi connectivity index (χ0v) is 13.3. The predicted octanol–water partition coefficient (Wildman–Crippen LogP) is 3.78. The van der Waals surface area contributed by atoms with Crippen molar-refractivity contribution in [2.45, 2.75) is 40.3 Å². The summed E-state index contributed by atoms with van der Waals surface area (Å²) >= 11 is 3.65. The Hall–Kier alpha value is -0.380. The maximum absolute atomic E-state index is 5.65. The molecule has 2 N–H and O–H groups in total. The molecule has 0 saturated heterocycles. The van der Waals surface area contributed by atoms with Gasteiger partial charge in [0.2, 0.25) is 0 Å². The van der Waals surface area contributed by atoms with Crippen LogP contribution in [0.3, 0.4) is 0 Å². The first-order chi connectivity index (χ1) is 8.60. The van der Waals surface area contributed by atoms with E-state index in [1.165, 1.54) is 22.0 Å². The molecule has 102 valence electrons. The lowest BCUT2D eigenvalue weighted by molar-refractivity contribution is 0.237. The van der Waals surface area contributed by atoms with Crippen molar-refractivity contribution < 1.29 is 0 Å². The van der Waals surface area contributed by atoms with Crippen LogP contribution < -0.4 is 5.73 Å². The quantitative estimate of drug-likeness (QED) is 0.830. The molecular weight excluding hydrogens is 288 g/mol. The van der Waals surface area contributed by atoms with Crippen LogP contribution in [-0.4, -0.2) is 18.0 Å². The van der Waals surface area contributed by atoms with Crippen LogP contribution in [0.2, 0.25) is 0 Å². The van der Waals surface area contributed by atoms with Gasteiger partial charge in [-0.3, -0.25) is 4.90 Å². The van der Waals surface area contributed by atoms with Crippen LogP contribution in [0.4, 0.5) is 0 Å². The van der Waals surface area contributed by atoms with Crippen LogP contribution >= 0.6 is 15.9 Å². The average molecular weight is 313 g/mol. The fourth-order valence-corrected chi connectivity index (χ4v) is 2.51. The highest BCUT2D eigenvalue weighted by Crippen LogP contribution is 2.21. The van der Waals surface area contributed by atoms with Gasteiger partial charge in [-0.05, 0) is 29.7 Å². The molecule has 0 aliphatic heterocycles. The minimum atomic E-state index is 0.600. The Morgan fingerprint density at radius 1 is 1.33 bits per heavy atom. The van der Waals surface area contributed by atoms with Crippen molar-refractivity contribution in [3.63, 3.8) is 0 Å². The molecule has 0 aliphatic rings. The van der Waals surface area contributed by atoms with E-state index in [2.05, 4.69) is 59.8 Å². The lowest BCUT2D eigenvalue weighted by atomic mass is 10.1. The zero-order chi connectivity index (χ0) is 13.5. The van der Waals surface area contributed by atoms with Gasteiger partial charge in [0, 0.05) is 24.1 Å². The lowest BCUT2D eigenvalue weighted by Crippen LogP contribution is -2.28. The smallest absolute Gasteiger partial charge is 0.0244 e. The van der Waals surface area contributed by atoms with Crippen LogP contribution in [0.15, 0.2) is 22.7 Å². The van der Waals surface area contributed by atoms with E-state index in [9.17, 15) is 0 Å². The van der Waals surface area contributed by atoms with Gasteiger partial charge in [0.05, 0.1) is 0 Å². The van der Waals surface area contributed by atoms with Crippen LogP contribution in [0.1, 0.15) is 38.3 Å². The van der Waals surface area contributed by atoms with Crippen molar-refractivity contribution in [2.24, 2.45) is 11.7 Å². The second-order valence-corrected chi connectivity index (χ2v) is 5.83. The van der Waals surface area contributed by atoms with E-state index in [4.69, 9.17) is 5.73 Å². The van der Waals surface area contributed by atoms with Gasteiger partial charge in [-0.15, -0.1) is 0 Å². The van der Waals surface area contributed by atoms with Gasteiger partial charge >= 0.3 is 0 Å². The minimum absolute atomic E-state index is 0.600. The molecule has 1 aromatic rings. The molecule has 0 heterocycles. The van der Waals surface area contributed by atoms with Gasteiger partial charge in [0.1, 0.15) is 0 Å². The molecule has 1 aromatic carbocycles. The first-order valence-corrected chi connectivity index (χ1v) is 7.59. The van der Waals surface area contributed by atoms with E-state index in [-0.39, 0.29) is 0 Å². The summed E-state index contributed by atoms with van der Waals surface area (Å²) in [6.45, 7) is 10.7. The Bertz CT molecular complexity index is 366. The minimum Gasteiger partial charge on any atom is -0.326 e. The van der Waals surface area contributed by atoms with Crippen molar-refractivity contribution in [3.8, 4) is 0 Å². The highest BCUT2D eigenvalue weighted by atomic mass is 79.9. The third-order valence-corrected chi connectivity index (χ3v) is 4.20. The average Bonchev–Trinajstić information content (AvgIpc) is 2.39. The van der Waals surface area contributed by atoms with Crippen molar-refractivity contribution in [1.29, 1.82) is 0 Å². The van der Waals surface area contributed by atoms with Gasteiger partial charge in [0.15, 0.2) is 0 Å². The van der Waals surface area contributed by atoms with Gasteiger partial charge in [0.25, 0.3) is 0 Å². The number of nitrogens with two attached hydrogens (primary N) is 1. The summed E-state index contributed by atoms with van der Waals surface area (Å²) in [6.07, 6.45) is 1.24. The number of rotatable bonds is 7. The van der Waals surface area contributed by atoms with E-state index < -0.39 is 0 Å².